The molecule has 0 aliphatic carbocycles. The molecule has 0 saturated carbocycles. The average Bonchev–Trinajstić information content (AvgIpc) is 2.97. The lowest BCUT2D eigenvalue weighted by molar-refractivity contribution is -0.140. The monoisotopic (exact) mass is 415 g/mol. The fraction of sp³-hybridized carbons (Fsp3) is 0.286. The molecule has 152 valence electrons. The van der Waals surface area contributed by atoms with Gasteiger partial charge in [0, 0.05) is 31.0 Å². The second-order valence-electron chi connectivity index (χ2n) is 6.93. The second kappa shape index (κ2) is 8.63. The maximum absolute atomic E-state index is 12.9. The number of hydrogen-bond acceptors (Lipinski definition) is 6. The van der Waals surface area contributed by atoms with Crippen molar-refractivity contribution in [1.82, 2.24) is 14.8 Å². The minimum absolute atomic E-state index is 0.0167. The lowest BCUT2D eigenvalue weighted by Gasteiger charge is -2.26. The number of methoxy groups -OCH3 is 1. The van der Waals surface area contributed by atoms with Gasteiger partial charge in [0.2, 0.25) is 0 Å². The quantitative estimate of drug-likeness (QED) is 0.443. The van der Waals surface area contributed by atoms with E-state index in [2.05, 4.69) is 4.98 Å². The van der Waals surface area contributed by atoms with E-state index in [1.807, 2.05) is 19.0 Å². The van der Waals surface area contributed by atoms with E-state index < -0.39 is 17.7 Å². The van der Waals surface area contributed by atoms with E-state index in [9.17, 15) is 14.7 Å². The van der Waals surface area contributed by atoms with Crippen LogP contribution in [-0.2, 0) is 9.59 Å². The third-order valence-electron chi connectivity index (χ3n) is 4.75. The minimum atomic E-state index is -0.734. The maximum atomic E-state index is 12.9. The topological polar surface area (TPSA) is 83.0 Å². The van der Waals surface area contributed by atoms with Gasteiger partial charge >= 0.3 is 0 Å². The first kappa shape index (κ1) is 20.8. The normalized spacial score (nSPS) is 18.5. The van der Waals surface area contributed by atoms with Crippen LogP contribution in [-0.4, -0.2) is 65.9 Å². The number of Topliss-reactive ketones (excluding diaryl/α,β-unsaturated/α-hetero) is 1. The number of ketones is 1. The summed E-state index contributed by atoms with van der Waals surface area (Å²) in [7, 11) is 5.25. The van der Waals surface area contributed by atoms with Gasteiger partial charge in [-0.25, -0.2) is 0 Å². The Morgan fingerprint density at radius 1 is 1.31 bits per heavy atom. The number of carbonyl (C=O) groups is 2. The van der Waals surface area contributed by atoms with Crippen molar-refractivity contribution < 1.29 is 19.4 Å². The highest BCUT2D eigenvalue weighted by molar-refractivity contribution is 6.46. The number of halogens is 1. The highest BCUT2D eigenvalue weighted by Gasteiger charge is 2.46. The third kappa shape index (κ3) is 4.11. The molecule has 1 fully saturated rings. The summed E-state index contributed by atoms with van der Waals surface area (Å²) in [6.07, 6.45) is 3.20. The smallest absolute Gasteiger partial charge is 0.295 e. The number of aromatic nitrogens is 1. The first-order chi connectivity index (χ1) is 13.8. The van der Waals surface area contributed by atoms with Gasteiger partial charge < -0.3 is 19.6 Å². The van der Waals surface area contributed by atoms with Crippen molar-refractivity contribution in [1.29, 1.82) is 0 Å². The zero-order valence-electron chi connectivity index (χ0n) is 16.4. The molecule has 1 atom stereocenters. The number of rotatable bonds is 6. The molecular weight excluding hydrogens is 394 g/mol. The predicted molar refractivity (Wildman–Crippen MR) is 110 cm³/mol. The van der Waals surface area contributed by atoms with Crippen LogP contribution in [0.15, 0.2) is 48.3 Å². The molecule has 0 radical (unpaired) electrons. The summed E-state index contributed by atoms with van der Waals surface area (Å²) in [6.45, 7) is 0.898. The number of carbonyl (C=O) groups excluding carboxylic acids is 2. The molecule has 8 heteroatoms. The Morgan fingerprint density at radius 2 is 2.07 bits per heavy atom. The van der Waals surface area contributed by atoms with Crippen molar-refractivity contribution in [3.63, 3.8) is 0 Å². The molecule has 7 nitrogen and oxygen atoms in total. The summed E-state index contributed by atoms with van der Waals surface area (Å²) >= 11 is 6.18. The third-order valence-corrected chi connectivity index (χ3v) is 5.05. The summed E-state index contributed by atoms with van der Waals surface area (Å²) in [5.41, 5.74) is 0.991. The molecule has 1 aromatic heterocycles. The van der Waals surface area contributed by atoms with Crippen LogP contribution in [0.2, 0.25) is 5.02 Å². The van der Waals surface area contributed by atoms with Gasteiger partial charge in [-0.05, 0) is 43.9 Å². The fourth-order valence-electron chi connectivity index (χ4n) is 3.27. The van der Waals surface area contributed by atoms with E-state index >= 15 is 0 Å². The molecule has 1 N–H and O–H groups in total. The summed E-state index contributed by atoms with van der Waals surface area (Å²) in [6, 6.07) is 7.46. The number of nitrogens with zero attached hydrogens (tertiary/aromatic N) is 3. The average molecular weight is 416 g/mol. The standard InChI is InChI=1S/C21H22ClN3O4/c1-24(2)9-10-25-18(14-5-4-8-23-12-14)17(20(27)21(25)28)19(26)13-6-7-16(29-3)15(22)11-13/h4-8,11-12,18,26H,9-10H2,1-3H3/b19-17+. The number of benzene rings is 1. The zero-order chi connectivity index (χ0) is 21.1. The number of likely N-dealkylation sites (N-methyl/N-ethyl adjacent to an activating group) is 1. The number of aliphatic hydroxyl groups is 1. The SMILES string of the molecule is COc1ccc(/C(O)=C2\C(=O)C(=O)N(CCN(C)C)C2c2cccnc2)cc1Cl. The van der Waals surface area contributed by atoms with Crippen LogP contribution in [0.5, 0.6) is 5.75 Å². The molecule has 1 amide bonds. The molecule has 0 spiro atoms. The Kier molecular flexibility index (Phi) is 6.20. The van der Waals surface area contributed by atoms with Gasteiger partial charge in [-0.1, -0.05) is 17.7 Å². The molecule has 1 unspecified atom stereocenters. The maximum Gasteiger partial charge on any atom is 0.295 e. The highest BCUT2D eigenvalue weighted by Crippen LogP contribution is 2.39. The van der Waals surface area contributed by atoms with Crippen molar-refractivity contribution in [3.8, 4) is 5.75 Å². The van der Waals surface area contributed by atoms with E-state index in [1.165, 1.54) is 18.1 Å². The number of aliphatic hydroxyl groups excluding tert-OH is 1. The Labute approximate surface area is 174 Å². The second-order valence-corrected chi connectivity index (χ2v) is 7.34. The predicted octanol–water partition coefficient (Wildman–Crippen LogP) is 2.73. The summed E-state index contributed by atoms with van der Waals surface area (Å²) in [5, 5.41) is 11.3. The zero-order valence-corrected chi connectivity index (χ0v) is 17.2. The first-order valence-corrected chi connectivity index (χ1v) is 9.40. The van der Waals surface area contributed by atoms with E-state index in [0.717, 1.165) is 0 Å². The molecule has 29 heavy (non-hydrogen) atoms. The minimum Gasteiger partial charge on any atom is -0.507 e. The van der Waals surface area contributed by atoms with Gasteiger partial charge in [0.1, 0.15) is 11.5 Å². The van der Waals surface area contributed by atoms with Crippen LogP contribution < -0.4 is 4.74 Å². The van der Waals surface area contributed by atoms with Gasteiger partial charge in [-0.2, -0.15) is 0 Å². The molecule has 2 heterocycles. The summed E-state index contributed by atoms with van der Waals surface area (Å²) in [5.74, 6) is -1.23. The van der Waals surface area contributed by atoms with Crippen molar-refractivity contribution in [2.45, 2.75) is 6.04 Å². The molecule has 0 bridgehead atoms. The number of amides is 1. The van der Waals surface area contributed by atoms with Gasteiger partial charge in [-0.15, -0.1) is 0 Å². The van der Waals surface area contributed by atoms with Gasteiger partial charge in [0.15, 0.2) is 0 Å². The molecule has 3 rings (SSSR count). The molecule has 1 saturated heterocycles. The van der Waals surface area contributed by atoms with Crippen LogP contribution in [0.25, 0.3) is 5.76 Å². The lowest BCUT2D eigenvalue weighted by Crippen LogP contribution is -2.35. The van der Waals surface area contributed by atoms with Crippen LogP contribution in [0, 0.1) is 0 Å². The van der Waals surface area contributed by atoms with E-state index in [1.54, 1.807) is 36.7 Å². The molecule has 1 aromatic carbocycles. The van der Waals surface area contributed by atoms with Crippen LogP contribution >= 0.6 is 11.6 Å². The molecule has 1 aliphatic heterocycles. The Bertz CT molecular complexity index is 960. The van der Waals surface area contributed by atoms with E-state index in [-0.39, 0.29) is 16.4 Å². The Morgan fingerprint density at radius 3 is 2.66 bits per heavy atom. The van der Waals surface area contributed by atoms with Crippen LogP contribution in [0.4, 0.5) is 0 Å². The summed E-state index contributed by atoms with van der Waals surface area (Å²) in [4.78, 5) is 33.1. The molecule has 2 aromatic rings. The Balaban J connectivity index is 2.13. The van der Waals surface area contributed by atoms with Crippen molar-refractivity contribution >= 4 is 29.1 Å². The highest BCUT2D eigenvalue weighted by atomic mass is 35.5. The number of ether oxygens (including phenoxy) is 1. The largest absolute Gasteiger partial charge is 0.507 e. The van der Waals surface area contributed by atoms with Crippen molar-refractivity contribution in [2.75, 3.05) is 34.3 Å². The van der Waals surface area contributed by atoms with Crippen LogP contribution in [0.1, 0.15) is 17.2 Å². The van der Waals surface area contributed by atoms with Crippen molar-refractivity contribution in [3.05, 3.63) is 64.4 Å². The molecule has 1 aliphatic rings. The number of hydrogen-bond donors (Lipinski definition) is 1. The van der Waals surface area contributed by atoms with Crippen molar-refractivity contribution in [2.24, 2.45) is 0 Å². The van der Waals surface area contributed by atoms with Gasteiger partial charge in [0.05, 0.1) is 23.7 Å². The fourth-order valence-corrected chi connectivity index (χ4v) is 3.53. The Hall–Kier alpha value is -2.90. The van der Waals surface area contributed by atoms with Crippen LogP contribution in [0.3, 0.4) is 0 Å². The van der Waals surface area contributed by atoms with E-state index in [4.69, 9.17) is 16.3 Å². The van der Waals surface area contributed by atoms with Gasteiger partial charge in [0.25, 0.3) is 11.7 Å². The summed E-state index contributed by atoms with van der Waals surface area (Å²) < 4.78 is 5.13. The van der Waals surface area contributed by atoms with Gasteiger partial charge in [-0.3, -0.25) is 14.6 Å². The molecular formula is C21H22ClN3O4. The number of pyridine rings is 1. The lowest BCUT2D eigenvalue weighted by atomic mass is 9.96. The van der Waals surface area contributed by atoms with E-state index in [0.29, 0.717) is 30.0 Å². The number of likely N-dealkylation sites (tertiary alicyclic amines) is 1. The first-order valence-electron chi connectivity index (χ1n) is 9.02.